The van der Waals surface area contributed by atoms with Crippen molar-refractivity contribution in [3.63, 3.8) is 0 Å². The third-order valence-electron chi connectivity index (χ3n) is 4.66. The molecule has 3 rings (SSSR count). The van der Waals surface area contributed by atoms with E-state index >= 15 is 0 Å². The fourth-order valence-corrected chi connectivity index (χ4v) is 3.27. The average molecular weight is 408 g/mol. The molecule has 6 nitrogen and oxygen atoms in total. The summed E-state index contributed by atoms with van der Waals surface area (Å²) in [6.45, 7) is 4.60. The number of carbonyl (C=O) groups excluding carboxylic acids is 1. The van der Waals surface area contributed by atoms with Crippen LogP contribution in [0.1, 0.15) is 24.6 Å². The fraction of sp³-hybridized carbons (Fsp3) is 0.400. The molecule has 2 aromatic rings. The number of rotatable bonds is 7. The fourth-order valence-electron chi connectivity index (χ4n) is 3.27. The molecular formula is C20H23F3N4O2. The van der Waals surface area contributed by atoms with Crippen molar-refractivity contribution in [3.8, 4) is 0 Å². The van der Waals surface area contributed by atoms with Crippen molar-refractivity contribution in [1.29, 1.82) is 0 Å². The first-order chi connectivity index (χ1) is 13.8. The van der Waals surface area contributed by atoms with Crippen molar-refractivity contribution in [2.45, 2.75) is 39.3 Å². The summed E-state index contributed by atoms with van der Waals surface area (Å²) in [6.07, 6.45) is 2.19. The van der Waals surface area contributed by atoms with E-state index in [4.69, 9.17) is 10.5 Å². The normalized spacial score (nSPS) is 14.4. The number of hydrogen-bond acceptors (Lipinski definition) is 5. The van der Waals surface area contributed by atoms with Crippen molar-refractivity contribution in [2.24, 2.45) is 5.73 Å². The van der Waals surface area contributed by atoms with Gasteiger partial charge in [0.15, 0.2) is 11.6 Å². The summed E-state index contributed by atoms with van der Waals surface area (Å²) in [5, 5.41) is 4.39. The molecule has 0 unspecified atom stereocenters. The van der Waals surface area contributed by atoms with E-state index in [1.54, 1.807) is 17.8 Å². The number of aromatic nitrogens is 2. The molecule has 0 saturated heterocycles. The standard InChI is InChI=1S/C20H23F3N4O2/c1-3-29-20(28)14-10-26(19-6-12(2)25-27(19)11-14)5-4-15(24)7-13-8-17(22)18(23)9-16(13)21/h6,8-10,15H,3-5,7,11,24H2,1-2H3/t15-/m0/s1. The van der Waals surface area contributed by atoms with Crippen LogP contribution in [0.2, 0.25) is 0 Å². The van der Waals surface area contributed by atoms with Gasteiger partial charge >= 0.3 is 5.97 Å². The minimum atomic E-state index is -1.23. The molecule has 156 valence electrons. The van der Waals surface area contributed by atoms with Crippen molar-refractivity contribution in [1.82, 2.24) is 9.78 Å². The second-order valence-corrected chi connectivity index (χ2v) is 6.98. The topological polar surface area (TPSA) is 73.4 Å². The van der Waals surface area contributed by atoms with E-state index in [9.17, 15) is 18.0 Å². The highest BCUT2D eigenvalue weighted by atomic mass is 19.2. The van der Waals surface area contributed by atoms with E-state index in [1.807, 2.05) is 17.9 Å². The van der Waals surface area contributed by atoms with Crippen LogP contribution in [0.15, 0.2) is 30.0 Å². The number of aryl methyl sites for hydroxylation is 1. The number of anilines is 1. The molecule has 0 amide bonds. The molecule has 2 N–H and O–H groups in total. The molecule has 0 radical (unpaired) electrons. The number of esters is 1. The first-order valence-electron chi connectivity index (χ1n) is 9.36. The number of carbonyl (C=O) groups is 1. The van der Waals surface area contributed by atoms with Crippen LogP contribution < -0.4 is 10.6 Å². The van der Waals surface area contributed by atoms with E-state index in [2.05, 4.69) is 5.10 Å². The van der Waals surface area contributed by atoms with Crippen LogP contribution in [0.25, 0.3) is 0 Å². The SMILES string of the molecule is CCOC(=O)C1=CN(CC[C@H](N)Cc2cc(F)c(F)cc2F)c2cc(C)nn2C1. The highest BCUT2D eigenvalue weighted by Crippen LogP contribution is 2.25. The lowest BCUT2D eigenvalue weighted by Gasteiger charge is -2.28. The zero-order valence-electron chi connectivity index (χ0n) is 16.3. The van der Waals surface area contributed by atoms with Gasteiger partial charge in [0.25, 0.3) is 0 Å². The first kappa shape index (κ1) is 20.9. The van der Waals surface area contributed by atoms with Crippen LogP contribution in [0.4, 0.5) is 19.0 Å². The number of benzene rings is 1. The van der Waals surface area contributed by atoms with E-state index in [0.29, 0.717) is 31.1 Å². The maximum Gasteiger partial charge on any atom is 0.337 e. The Morgan fingerprint density at radius 1 is 1.24 bits per heavy atom. The molecule has 1 aliphatic rings. The maximum atomic E-state index is 13.9. The maximum absolute atomic E-state index is 13.9. The van der Waals surface area contributed by atoms with Gasteiger partial charge in [0.2, 0.25) is 0 Å². The Morgan fingerprint density at radius 2 is 1.97 bits per heavy atom. The lowest BCUT2D eigenvalue weighted by atomic mass is 10.0. The van der Waals surface area contributed by atoms with Gasteiger partial charge in [0.05, 0.1) is 24.4 Å². The van der Waals surface area contributed by atoms with E-state index < -0.39 is 29.5 Å². The van der Waals surface area contributed by atoms with Gasteiger partial charge in [-0.05, 0) is 38.3 Å². The molecule has 1 aromatic heterocycles. The number of ether oxygens (including phenoxy) is 1. The molecule has 29 heavy (non-hydrogen) atoms. The zero-order valence-corrected chi connectivity index (χ0v) is 16.3. The van der Waals surface area contributed by atoms with Crippen LogP contribution in [0, 0.1) is 24.4 Å². The van der Waals surface area contributed by atoms with Gasteiger partial charge in [-0.2, -0.15) is 5.10 Å². The van der Waals surface area contributed by atoms with Gasteiger partial charge < -0.3 is 15.4 Å². The first-order valence-corrected chi connectivity index (χ1v) is 9.36. The monoisotopic (exact) mass is 408 g/mol. The van der Waals surface area contributed by atoms with Crippen molar-refractivity contribution >= 4 is 11.8 Å². The highest BCUT2D eigenvalue weighted by Gasteiger charge is 2.24. The molecule has 0 aliphatic carbocycles. The molecule has 0 saturated carbocycles. The van der Waals surface area contributed by atoms with Gasteiger partial charge in [0.1, 0.15) is 11.6 Å². The van der Waals surface area contributed by atoms with Crippen molar-refractivity contribution < 1.29 is 22.7 Å². The van der Waals surface area contributed by atoms with Crippen LogP contribution in [-0.2, 0) is 22.5 Å². The van der Waals surface area contributed by atoms with Crippen molar-refractivity contribution in [2.75, 3.05) is 18.1 Å². The molecule has 2 heterocycles. The summed E-state index contributed by atoms with van der Waals surface area (Å²) in [5.74, 6) is -2.76. The number of fused-ring (bicyclic) bond motifs is 1. The lowest BCUT2D eigenvalue weighted by Crippen LogP contribution is -2.33. The third kappa shape index (κ3) is 4.79. The summed E-state index contributed by atoms with van der Waals surface area (Å²) in [5.41, 5.74) is 7.39. The van der Waals surface area contributed by atoms with Gasteiger partial charge in [-0.25, -0.2) is 22.6 Å². The highest BCUT2D eigenvalue weighted by molar-refractivity contribution is 5.89. The predicted octanol–water partition coefficient (Wildman–Crippen LogP) is 2.84. The third-order valence-corrected chi connectivity index (χ3v) is 4.66. The number of hydrogen-bond donors (Lipinski definition) is 1. The Hall–Kier alpha value is -2.81. The molecule has 1 aliphatic heterocycles. The Bertz CT molecular complexity index is 942. The van der Waals surface area contributed by atoms with Crippen LogP contribution in [-0.4, -0.2) is 34.9 Å². The molecular weight excluding hydrogens is 385 g/mol. The van der Waals surface area contributed by atoms with E-state index in [1.165, 1.54) is 0 Å². The minimum Gasteiger partial charge on any atom is -0.463 e. The Balaban J connectivity index is 1.71. The largest absolute Gasteiger partial charge is 0.463 e. The minimum absolute atomic E-state index is 0.0266. The van der Waals surface area contributed by atoms with Gasteiger partial charge in [-0.3, -0.25) is 0 Å². The quantitative estimate of drug-likeness (QED) is 0.563. The van der Waals surface area contributed by atoms with Gasteiger partial charge in [0, 0.05) is 30.9 Å². The number of nitrogens with two attached hydrogens (primary N) is 1. The van der Waals surface area contributed by atoms with E-state index in [0.717, 1.165) is 17.6 Å². The predicted molar refractivity (Wildman–Crippen MR) is 102 cm³/mol. The molecule has 0 bridgehead atoms. The summed E-state index contributed by atoms with van der Waals surface area (Å²) >= 11 is 0. The molecule has 1 atom stereocenters. The number of nitrogens with zero attached hydrogens (tertiary/aromatic N) is 3. The number of halogens is 3. The summed E-state index contributed by atoms with van der Waals surface area (Å²) < 4.78 is 47.1. The lowest BCUT2D eigenvalue weighted by molar-refractivity contribution is -0.138. The summed E-state index contributed by atoms with van der Waals surface area (Å²) in [6, 6.07) is 2.76. The second kappa shape index (κ2) is 8.69. The van der Waals surface area contributed by atoms with Crippen LogP contribution >= 0.6 is 0 Å². The van der Waals surface area contributed by atoms with E-state index in [-0.39, 0.29) is 18.6 Å². The summed E-state index contributed by atoms with van der Waals surface area (Å²) in [4.78, 5) is 14.0. The zero-order chi connectivity index (χ0) is 21.1. The Morgan fingerprint density at radius 3 is 2.69 bits per heavy atom. The second-order valence-electron chi connectivity index (χ2n) is 6.98. The molecule has 0 fully saturated rings. The Kier molecular flexibility index (Phi) is 6.26. The smallest absolute Gasteiger partial charge is 0.337 e. The van der Waals surface area contributed by atoms with Gasteiger partial charge in [-0.15, -0.1) is 0 Å². The Labute approximate surface area is 166 Å². The van der Waals surface area contributed by atoms with Crippen molar-refractivity contribution in [3.05, 3.63) is 58.7 Å². The molecule has 0 spiro atoms. The molecule has 1 aromatic carbocycles. The average Bonchev–Trinajstić information content (AvgIpc) is 3.04. The van der Waals surface area contributed by atoms with Gasteiger partial charge in [-0.1, -0.05) is 0 Å². The van der Waals surface area contributed by atoms with Crippen LogP contribution in [0.5, 0.6) is 0 Å². The summed E-state index contributed by atoms with van der Waals surface area (Å²) in [7, 11) is 0. The molecule has 9 heteroatoms. The van der Waals surface area contributed by atoms with Crippen LogP contribution in [0.3, 0.4) is 0 Å².